The van der Waals surface area contributed by atoms with Gasteiger partial charge in [0, 0.05) is 37.0 Å². The van der Waals surface area contributed by atoms with Crippen molar-refractivity contribution in [1.82, 2.24) is 4.90 Å². The normalized spacial score (nSPS) is 23.5. The van der Waals surface area contributed by atoms with Crippen LogP contribution in [0.5, 0.6) is 11.5 Å². The van der Waals surface area contributed by atoms with Gasteiger partial charge in [-0.3, -0.25) is 4.90 Å². The summed E-state index contributed by atoms with van der Waals surface area (Å²) in [5.41, 5.74) is 3.43. The second-order valence-electron chi connectivity index (χ2n) is 8.08. The van der Waals surface area contributed by atoms with E-state index in [9.17, 15) is 5.11 Å². The molecule has 146 valence electrons. The SMILES string of the molecule is Oc1ccc2c(c1)C1(c3ccccc3)CC(CN(C/C=C/c3ccccc3)C1)O2. The van der Waals surface area contributed by atoms with Crippen molar-refractivity contribution in [3.8, 4) is 11.5 Å². The number of benzene rings is 3. The summed E-state index contributed by atoms with van der Waals surface area (Å²) in [5, 5.41) is 10.2. The summed E-state index contributed by atoms with van der Waals surface area (Å²) in [6, 6.07) is 26.6. The second kappa shape index (κ2) is 7.41. The molecule has 3 aromatic carbocycles. The molecule has 5 rings (SSSR count). The lowest BCUT2D eigenvalue weighted by atomic mass is 9.67. The lowest BCUT2D eigenvalue weighted by Crippen LogP contribution is -2.56. The molecule has 0 spiro atoms. The van der Waals surface area contributed by atoms with Gasteiger partial charge < -0.3 is 9.84 Å². The number of likely N-dealkylation sites (tertiary alicyclic amines) is 1. The van der Waals surface area contributed by atoms with E-state index in [-0.39, 0.29) is 11.5 Å². The Bertz CT molecular complexity index is 1020. The molecule has 29 heavy (non-hydrogen) atoms. The van der Waals surface area contributed by atoms with Crippen LogP contribution >= 0.6 is 0 Å². The number of aromatic hydroxyl groups is 1. The average molecular weight is 383 g/mol. The van der Waals surface area contributed by atoms with E-state index in [1.807, 2.05) is 18.2 Å². The maximum absolute atomic E-state index is 10.2. The number of hydrogen-bond donors (Lipinski definition) is 1. The monoisotopic (exact) mass is 383 g/mol. The molecule has 2 heterocycles. The Hall–Kier alpha value is -3.04. The number of nitrogens with zero attached hydrogens (tertiary/aromatic N) is 1. The van der Waals surface area contributed by atoms with Gasteiger partial charge in [-0.25, -0.2) is 0 Å². The molecule has 0 aromatic heterocycles. The lowest BCUT2D eigenvalue weighted by Gasteiger charge is -2.50. The van der Waals surface area contributed by atoms with Crippen LogP contribution in [0.2, 0.25) is 0 Å². The second-order valence-corrected chi connectivity index (χ2v) is 8.08. The van der Waals surface area contributed by atoms with Crippen LogP contribution in [-0.2, 0) is 5.41 Å². The van der Waals surface area contributed by atoms with Gasteiger partial charge in [-0.2, -0.15) is 0 Å². The molecule has 1 saturated heterocycles. The maximum atomic E-state index is 10.2. The summed E-state index contributed by atoms with van der Waals surface area (Å²) in [5.74, 6) is 1.20. The Labute approximate surface area is 171 Å². The molecule has 2 atom stereocenters. The molecule has 3 heteroatoms. The van der Waals surface area contributed by atoms with E-state index < -0.39 is 0 Å². The summed E-state index contributed by atoms with van der Waals surface area (Å²) in [6.45, 7) is 2.69. The zero-order valence-corrected chi connectivity index (χ0v) is 16.4. The highest BCUT2D eigenvalue weighted by atomic mass is 16.5. The fraction of sp³-hybridized carbons (Fsp3) is 0.231. The van der Waals surface area contributed by atoms with Crippen molar-refractivity contribution < 1.29 is 9.84 Å². The topological polar surface area (TPSA) is 32.7 Å². The van der Waals surface area contributed by atoms with E-state index >= 15 is 0 Å². The third kappa shape index (κ3) is 3.43. The zero-order valence-electron chi connectivity index (χ0n) is 16.4. The third-order valence-electron chi connectivity index (χ3n) is 6.10. The molecule has 1 N–H and O–H groups in total. The van der Waals surface area contributed by atoms with Gasteiger partial charge in [0.05, 0.1) is 0 Å². The number of ether oxygens (including phenoxy) is 1. The van der Waals surface area contributed by atoms with Crippen LogP contribution in [0, 0.1) is 0 Å². The number of fused-ring (bicyclic) bond motifs is 4. The van der Waals surface area contributed by atoms with Gasteiger partial charge >= 0.3 is 0 Å². The van der Waals surface area contributed by atoms with E-state index in [0.717, 1.165) is 37.4 Å². The standard InChI is InChI=1S/C26H25NO2/c28-22-13-14-25-24(16-22)26(21-11-5-2-6-12-21)17-23(29-25)18-27(19-26)15-7-10-20-8-3-1-4-9-20/h1-14,16,23,28H,15,17-19H2/b10-7+. The first-order valence-electron chi connectivity index (χ1n) is 10.2. The van der Waals surface area contributed by atoms with Crippen LogP contribution in [0.3, 0.4) is 0 Å². The largest absolute Gasteiger partial charge is 0.508 e. The van der Waals surface area contributed by atoms with Crippen molar-refractivity contribution in [2.24, 2.45) is 0 Å². The van der Waals surface area contributed by atoms with Gasteiger partial charge in [-0.15, -0.1) is 0 Å². The summed E-state index contributed by atoms with van der Waals surface area (Å²) >= 11 is 0. The first-order chi connectivity index (χ1) is 14.2. The van der Waals surface area contributed by atoms with Gasteiger partial charge in [0.2, 0.25) is 0 Å². The quantitative estimate of drug-likeness (QED) is 0.698. The minimum Gasteiger partial charge on any atom is -0.508 e. The fourth-order valence-corrected chi connectivity index (χ4v) is 4.86. The Morgan fingerprint density at radius 3 is 2.55 bits per heavy atom. The van der Waals surface area contributed by atoms with Crippen molar-refractivity contribution in [3.05, 3.63) is 102 Å². The molecular formula is C26H25NO2. The molecule has 0 amide bonds. The number of phenolic OH excluding ortho intramolecular Hbond substituents is 1. The maximum Gasteiger partial charge on any atom is 0.124 e. The zero-order chi connectivity index (χ0) is 19.7. The van der Waals surface area contributed by atoms with E-state index in [1.54, 1.807) is 6.07 Å². The molecule has 3 nitrogen and oxygen atoms in total. The van der Waals surface area contributed by atoms with Crippen LogP contribution in [0.25, 0.3) is 6.08 Å². The van der Waals surface area contributed by atoms with E-state index in [0.29, 0.717) is 5.75 Å². The summed E-state index contributed by atoms with van der Waals surface area (Å²) in [6.07, 6.45) is 5.50. The van der Waals surface area contributed by atoms with E-state index in [1.165, 1.54) is 11.1 Å². The Kier molecular flexibility index (Phi) is 4.61. The van der Waals surface area contributed by atoms with E-state index in [2.05, 4.69) is 71.6 Å². The van der Waals surface area contributed by atoms with Crippen molar-refractivity contribution in [1.29, 1.82) is 0 Å². The van der Waals surface area contributed by atoms with Crippen LogP contribution in [-0.4, -0.2) is 35.7 Å². The van der Waals surface area contributed by atoms with Gasteiger partial charge in [0.25, 0.3) is 0 Å². The highest BCUT2D eigenvalue weighted by molar-refractivity contribution is 5.53. The Balaban J connectivity index is 1.49. The minimum absolute atomic E-state index is 0.145. The van der Waals surface area contributed by atoms with Gasteiger partial charge in [0.1, 0.15) is 17.6 Å². The minimum atomic E-state index is -0.170. The molecule has 2 unspecified atom stereocenters. The number of hydrogen-bond acceptors (Lipinski definition) is 3. The smallest absolute Gasteiger partial charge is 0.124 e. The molecule has 3 aromatic rings. The van der Waals surface area contributed by atoms with Crippen LogP contribution in [0.1, 0.15) is 23.1 Å². The fourth-order valence-electron chi connectivity index (χ4n) is 4.86. The predicted octanol–water partition coefficient (Wildman–Crippen LogP) is 4.86. The molecule has 2 bridgehead atoms. The van der Waals surface area contributed by atoms with Crippen molar-refractivity contribution in [3.63, 3.8) is 0 Å². The third-order valence-corrected chi connectivity index (χ3v) is 6.10. The molecular weight excluding hydrogens is 358 g/mol. The average Bonchev–Trinajstić information content (AvgIpc) is 2.76. The first-order valence-corrected chi connectivity index (χ1v) is 10.2. The summed E-state index contributed by atoms with van der Waals surface area (Å²) in [7, 11) is 0. The van der Waals surface area contributed by atoms with Gasteiger partial charge in [0.15, 0.2) is 0 Å². The van der Waals surface area contributed by atoms with Gasteiger partial charge in [-0.05, 0) is 29.3 Å². The first kappa shape index (κ1) is 18.0. The van der Waals surface area contributed by atoms with Crippen molar-refractivity contribution in [2.45, 2.75) is 17.9 Å². The van der Waals surface area contributed by atoms with Crippen molar-refractivity contribution in [2.75, 3.05) is 19.6 Å². The van der Waals surface area contributed by atoms with E-state index in [4.69, 9.17) is 4.74 Å². The Morgan fingerprint density at radius 2 is 1.76 bits per heavy atom. The predicted molar refractivity (Wildman–Crippen MR) is 116 cm³/mol. The van der Waals surface area contributed by atoms with Crippen LogP contribution < -0.4 is 4.74 Å². The molecule has 2 aliphatic rings. The summed E-state index contributed by atoms with van der Waals surface area (Å²) < 4.78 is 6.32. The molecule has 0 aliphatic carbocycles. The number of rotatable bonds is 4. The number of phenols is 1. The van der Waals surface area contributed by atoms with Crippen LogP contribution in [0.15, 0.2) is 84.9 Å². The molecule has 2 aliphatic heterocycles. The number of piperidine rings is 1. The highest BCUT2D eigenvalue weighted by Crippen LogP contribution is 2.49. The van der Waals surface area contributed by atoms with Gasteiger partial charge in [-0.1, -0.05) is 72.8 Å². The Morgan fingerprint density at radius 1 is 1.00 bits per heavy atom. The molecule has 1 fully saturated rings. The molecule has 0 saturated carbocycles. The highest BCUT2D eigenvalue weighted by Gasteiger charge is 2.48. The van der Waals surface area contributed by atoms with Crippen molar-refractivity contribution >= 4 is 6.08 Å². The molecule has 0 radical (unpaired) electrons. The lowest BCUT2D eigenvalue weighted by molar-refractivity contribution is 0.0364. The summed E-state index contributed by atoms with van der Waals surface area (Å²) in [4.78, 5) is 2.47. The van der Waals surface area contributed by atoms with Crippen LogP contribution in [0.4, 0.5) is 0 Å².